The fourth-order valence-electron chi connectivity index (χ4n) is 2.59. The largest absolute Gasteiger partial charge is 0.507 e. The number of aromatic hydroxyl groups is 2. The van der Waals surface area contributed by atoms with Crippen molar-refractivity contribution in [2.75, 3.05) is 0 Å². The van der Waals surface area contributed by atoms with Gasteiger partial charge in [0.2, 0.25) is 0 Å². The smallest absolute Gasteiger partial charge is 0.167 e. The van der Waals surface area contributed by atoms with E-state index in [9.17, 15) is 19.8 Å². The van der Waals surface area contributed by atoms with Crippen LogP contribution in [0.4, 0.5) is 0 Å². The second-order valence-corrected chi connectivity index (χ2v) is 4.84. The van der Waals surface area contributed by atoms with E-state index in [4.69, 9.17) is 0 Å². The van der Waals surface area contributed by atoms with Crippen LogP contribution in [0.2, 0.25) is 0 Å². The first kappa shape index (κ1) is 11.7. The zero-order valence-electron chi connectivity index (χ0n) is 10.4. The van der Waals surface area contributed by atoms with Gasteiger partial charge < -0.3 is 10.2 Å². The normalized spacial score (nSPS) is 14.8. The summed E-state index contributed by atoms with van der Waals surface area (Å²) in [4.78, 5) is 23.8. The molecule has 3 rings (SSSR count). The highest BCUT2D eigenvalue weighted by Gasteiger charge is 2.31. The molecule has 0 bridgehead atoms. The molecule has 19 heavy (non-hydrogen) atoms. The van der Waals surface area contributed by atoms with E-state index in [0.717, 1.165) is 5.56 Å². The van der Waals surface area contributed by atoms with Gasteiger partial charge in [-0.05, 0) is 13.0 Å². The Morgan fingerprint density at radius 3 is 2.00 bits per heavy atom. The lowest BCUT2D eigenvalue weighted by atomic mass is 9.85. The fourth-order valence-corrected chi connectivity index (χ4v) is 2.59. The van der Waals surface area contributed by atoms with E-state index in [1.807, 2.05) is 6.92 Å². The van der Waals surface area contributed by atoms with Crippen molar-refractivity contribution in [1.82, 2.24) is 0 Å². The van der Waals surface area contributed by atoms with E-state index in [0.29, 0.717) is 10.8 Å². The van der Waals surface area contributed by atoms with Crippen molar-refractivity contribution in [3.8, 4) is 11.5 Å². The fraction of sp³-hybridized carbons (Fsp3) is 0.200. The summed E-state index contributed by atoms with van der Waals surface area (Å²) in [5, 5.41) is 21.3. The van der Waals surface area contributed by atoms with Crippen LogP contribution in [0.5, 0.6) is 11.5 Å². The summed E-state index contributed by atoms with van der Waals surface area (Å²) in [7, 11) is 0. The zero-order valence-corrected chi connectivity index (χ0v) is 10.4. The molecule has 0 fully saturated rings. The van der Waals surface area contributed by atoms with E-state index in [2.05, 4.69) is 0 Å². The Morgan fingerprint density at radius 1 is 0.895 bits per heavy atom. The van der Waals surface area contributed by atoms with Gasteiger partial charge in [0, 0.05) is 23.6 Å². The average molecular weight is 256 g/mol. The number of rotatable bonds is 0. The summed E-state index contributed by atoms with van der Waals surface area (Å²) in [6.07, 6.45) is 0.159. The van der Waals surface area contributed by atoms with Crippen LogP contribution in [0, 0.1) is 6.92 Å². The van der Waals surface area contributed by atoms with Crippen LogP contribution in [0.1, 0.15) is 39.1 Å². The maximum atomic E-state index is 11.9. The molecule has 2 N–H and O–H groups in total. The van der Waals surface area contributed by atoms with Crippen LogP contribution in [-0.2, 0) is 0 Å². The molecular formula is C15H12O4. The molecular weight excluding hydrogens is 244 g/mol. The van der Waals surface area contributed by atoms with Gasteiger partial charge in [-0.25, -0.2) is 0 Å². The molecule has 0 aliphatic heterocycles. The number of carbonyl (C=O) groups is 2. The number of phenols is 2. The molecule has 4 nitrogen and oxygen atoms in total. The topological polar surface area (TPSA) is 74.6 Å². The van der Waals surface area contributed by atoms with Crippen molar-refractivity contribution in [3.05, 3.63) is 34.9 Å². The van der Waals surface area contributed by atoms with Gasteiger partial charge in [-0.2, -0.15) is 0 Å². The minimum atomic E-state index is -0.301. The molecule has 1 aliphatic rings. The number of hydrogen-bond acceptors (Lipinski definition) is 4. The quantitative estimate of drug-likeness (QED) is 0.711. The first-order valence-electron chi connectivity index (χ1n) is 6.05. The minimum absolute atomic E-state index is 0.0353. The third-order valence-corrected chi connectivity index (χ3v) is 3.55. The molecule has 2 aromatic rings. The molecule has 4 heteroatoms. The molecule has 0 aromatic heterocycles. The number of Topliss-reactive ketones (excluding diaryl/α,β-unsaturated/α-hetero) is 2. The standard InChI is InChI=1S/C15H12O4/c1-7-2-3-8-9(6-7)15(19)13-11(17)5-4-10(16)12(13)14(8)18/h2-3,6,18-19H,4-5H2,1H3. The number of carbonyl (C=O) groups excluding carboxylic acids is 2. The summed E-state index contributed by atoms with van der Waals surface area (Å²) < 4.78 is 0. The highest BCUT2D eigenvalue weighted by atomic mass is 16.3. The van der Waals surface area contributed by atoms with Gasteiger partial charge in [-0.1, -0.05) is 17.7 Å². The van der Waals surface area contributed by atoms with Crippen molar-refractivity contribution in [2.45, 2.75) is 19.8 Å². The van der Waals surface area contributed by atoms with Gasteiger partial charge in [0.15, 0.2) is 11.6 Å². The summed E-state index contributed by atoms with van der Waals surface area (Å²) in [6, 6.07) is 5.12. The molecule has 0 heterocycles. The van der Waals surface area contributed by atoms with Crippen LogP contribution in [-0.4, -0.2) is 21.8 Å². The third-order valence-electron chi connectivity index (χ3n) is 3.55. The van der Waals surface area contributed by atoms with Crippen LogP contribution in [0.15, 0.2) is 18.2 Å². The van der Waals surface area contributed by atoms with E-state index < -0.39 is 0 Å². The molecule has 0 unspecified atom stereocenters. The summed E-state index contributed by atoms with van der Waals surface area (Å²) >= 11 is 0. The number of hydrogen-bond donors (Lipinski definition) is 2. The van der Waals surface area contributed by atoms with Crippen LogP contribution < -0.4 is 0 Å². The van der Waals surface area contributed by atoms with Crippen LogP contribution in [0.3, 0.4) is 0 Å². The van der Waals surface area contributed by atoms with Gasteiger partial charge in [-0.3, -0.25) is 9.59 Å². The number of ketones is 2. The Labute approximate surface area is 109 Å². The second kappa shape index (κ2) is 3.82. The Kier molecular flexibility index (Phi) is 2.35. The lowest BCUT2D eigenvalue weighted by Crippen LogP contribution is -2.17. The van der Waals surface area contributed by atoms with Crippen molar-refractivity contribution in [2.24, 2.45) is 0 Å². The minimum Gasteiger partial charge on any atom is -0.507 e. The number of aryl methyl sites for hydroxylation is 1. The monoisotopic (exact) mass is 256 g/mol. The van der Waals surface area contributed by atoms with Gasteiger partial charge >= 0.3 is 0 Å². The maximum Gasteiger partial charge on any atom is 0.167 e. The Balaban J connectivity index is 2.53. The lowest BCUT2D eigenvalue weighted by Gasteiger charge is -2.18. The molecule has 1 aliphatic carbocycles. The Morgan fingerprint density at radius 2 is 1.42 bits per heavy atom. The van der Waals surface area contributed by atoms with Crippen molar-refractivity contribution in [3.63, 3.8) is 0 Å². The number of benzene rings is 2. The van der Waals surface area contributed by atoms with Gasteiger partial charge in [0.05, 0.1) is 11.1 Å². The maximum absolute atomic E-state index is 11.9. The highest BCUT2D eigenvalue weighted by molar-refractivity contribution is 6.21. The van der Waals surface area contributed by atoms with E-state index in [1.54, 1.807) is 18.2 Å². The highest BCUT2D eigenvalue weighted by Crippen LogP contribution is 2.42. The SMILES string of the molecule is Cc1ccc2c(O)c3c(c(O)c2c1)C(=O)CCC3=O. The molecule has 0 spiro atoms. The van der Waals surface area contributed by atoms with E-state index in [-0.39, 0.29) is 47.0 Å². The van der Waals surface area contributed by atoms with Gasteiger partial charge in [-0.15, -0.1) is 0 Å². The van der Waals surface area contributed by atoms with Crippen molar-refractivity contribution in [1.29, 1.82) is 0 Å². The molecule has 0 saturated heterocycles. The predicted molar refractivity (Wildman–Crippen MR) is 69.9 cm³/mol. The zero-order chi connectivity index (χ0) is 13.7. The molecule has 0 amide bonds. The second-order valence-electron chi connectivity index (χ2n) is 4.84. The first-order chi connectivity index (χ1) is 9.00. The van der Waals surface area contributed by atoms with Crippen LogP contribution in [0.25, 0.3) is 10.8 Å². The Hall–Kier alpha value is -2.36. The predicted octanol–water partition coefficient (Wildman–Crippen LogP) is 2.72. The molecule has 96 valence electrons. The Bertz CT molecular complexity index is 744. The third kappa shape index (κ3) is 1.53. The summed E-state index contributed by atoms with van der Waals surface area (Å²) in [5.74, 6) is -1.01. The van der Waals surface area contributed by atoms with Gasteiger partial charge in [0.1, 0.15) is 11.5 Å². The summed E-state index contributed by atoms with van der Waals surface area (Å²) in [6.45, 7) is 1.85. The van der Waals surface area contributed by atoms with E-state index >= 15 is 0 Å². The van der Waals surface area contributed by atoms with Crippen LogP contribution >= 0.6 is 0 Å². The number of fused-ring (bicyclic) bond motifs is 2. The number of phenolic OH excluding ortho intramolecular Hbond substituents is 2. The van der Waals surface area contributed by atoms with Crippen molar-refractivity contribution >= 4 is 22.3 Å². The molecule has 0 atom stereocenters. The average Bonchev–Trinajstić information content (AvgIpc) is 2.38. The summed E-state index contributed by atoms with van der Waals surface area (Å²) in [5.41, 5.74) is 0.827. The van der Waals surface area contributed by atoms with E-state index in [1.165, 1.54) is 0 Å². The first-order valence-corrected chi connectivity index (χ1v) is 6.05. The molecule has 0 saturated carbocycles. The van der Waals surface area contributed by atoms with Gasteiger partial charge in [0.25, 0.3) is 0 Å². The lowest BCUT2D eigenvalue weighted by molar-refractivity contribution is 0.0885. The van der Waals surface area contributed by atoms with Crippen molar-refractivity contribution < 1.29 is 19.8 Å². The molecule has 0 radical (unpaired) electrons. The molecule has 2 aromatic carbocycles.